The molecule has 0 aromatic heterocycles. The van der Waals surface area contributed by atoms with Crippen molar-refractivity contribution in [3.63, 3.8) is 0 Å². The topological polar surface area (TPSA) is 44.5 Å². The molecule has 0 amide bonds. The molecule has 0 atom stereocenters. The van der Waals surface area contributed by atoms with Crippen molar-refractivity contribution in [3.05, 3.63) is 0 Å². The summed E-state index contributed by atoms with van der Waals surface area (Å²) in [5.74, 6) is 0. The molecule has 60 valence electrons. The van der Waals surface area contributed by atoms with Gasteiger partial charge in [-0.25, -0.2) is 0 Å². The first-order chi connectivity index (χ1) is 4.79. The molecule has 1 aliphatic carbocycles. The summed E-state index contributed by atoms with van der Waals surface area (Å²) in [5.41, 5.74) is 5.70. The summed E-state index contributed by atoms with van der Waals surface area (Å²) in [7, 11) is 3.31. The van der Waals surface area contributed by atoms with E-state index in [1.54, 1.807) is 14.2 Å². The highest BCUT2D eigenvalue weighted by molar-refractivity contribution is 4.96. The van der Waals surface area contributed by atoms with Gasteiger partial charge in [0.1, 0.15) is 0 Å². The molecule has 1 aliphatic rings. The van der Waals surface area contributed by atoms with Crippen LogP contribution in [0.4, 0.5) is 0 Å². The first-order valence-electron chi connectivity index (χ1n) is 3.55. The van der Waals surface area contributed by atoms with Gasteiger partial charge in [0.25, 0.3) is 0 Å². The maximum absolute atomic E-state index is 5.56. The van der Waals surface area contributed by atoms with Gasteiger partial charge in [0.2, 0.25) is 0 Å². The van der Waals surface area contributed by atoms with Crippen LogP contribution in [0.3, 0.4) is 0 Å². The van der Waals surface area contributed by atoms with Gasteiger partial charge in [-0.1, -0.05) is 0 Å². The third-order valence-corrected chi connectivity index (χ3v) is 2.23. The fourth-order valence-corrected chi connectivity index (χ4v) is 1.29. The Morgan fingerprint density at radius 3 is 2.00 bits per heavy atom. The van der Waals surface area contributed by atoms with Crippen LogP contribution in [0.2, 0.25) is 0 Å². The summed E-state index contributed by atoms with van der Waals surface area (Å²) in [6.07, 6.45) is 2.17. The van der Waals surface area contributed by atoms with Gasteiger partial charge in [0.05, 0.1) is 0 Å². The Hall–Kier alpha value is -0.120. The molecule has 3 nitrogen and oxygen atoms in total. The molecule has 2 N–H and O–H groups in total. The van der Waals surface area contributed by atoms with Gasteiger partial charge < -0.3 is 15.2 Å². The van der Waals surface area contributed by atoms with E-state index in [0.717, 1.165) is 12.8 Å². The Balaban J connectivity index is 2.43. The summed E-state index contributed by atoms with van der Waals surface area (Å²) < 4.78 is 10.2. The molecule has 1 fully saturated rings. The zero-order valence-electron chi connectivity index (χ0n) is 6.59. The molecule has 1 saturated carbocycles. The van der Waals surface area contributed by atoms with Crippen LogP contribution in [0.1, 0.15) is 12.8 Å². The van der Waals surface area contributed by atoms with E-state index < -0.39 is 0 Å². The number of rotatable bonds is 4. The number of ether oxygens (including phenoxy) is 2. The molecule has 1 rings (SSSR count). The highest BCUT2D eigenvalue weighted by Crippen LogP contribution is 2.48. The van der Waals surface area contributed by atoms with Crippen molar-refractivity contribution >= 4 is 0 Å². The summed E-state index contributed by atoms with van der Waals surface area (Å²) in [6.45, 7) is 0.666. The van der Waals surface area contributed by atoms with E-state index in [1.807, 2.05) is 0 Å². The maximum atomic E-state index is 5.56. The van der Waals surface area contributed by atoms with Crippen molar-refractivity contribution in [3.8, 4) is 0 Å². The molecule has 10 heavy (non-hydrogen) atoms. The average Bonchev–Trinajstić information content (AvgIpc) is 2.72. The van der Waals surface area contributed by atoms with Crippen molar-refractivity contribution in [1.82, 2.24) is 0 Å². The number of methoxy groups -OCH3 is 2. The number of hydrogen-bond donors (Lipinski definition) is 1. The van der Waals surface area contributed by atoms with Gasteiger partial charge in [0, 0.05) is 26.2 Å². The molecule has 3 heteroatoms. The van der Waals surface area contributed by atoms with Gasteiger partial charge >= 0.3 is 0 Å². The monoisotopic (exact) mass is 145 g/mol. The molecular weight excluding hydrogens is 130 g/mol. The number of nitrogens with two attached hydrogens (primary N) is 1. The lowest BCUT2D eigenvalue weighted by Gasteiger charge is -2.22. The lowest BCUT2D eigenvalue weighted by Crippen LogP contribution is -2.32. The molecule has 0 radical (unpaired) electrons. The Kier molecular flexibility index (Phi) is 2.28. The summed E-state index contributed by atoms with van der Waals surface area (Å²) in [4.78, 5) is 0. The second-order valence-corrected chi connectivity index (χ2v) is 2.87. The van der Waals surface area contributed by atoms with E-state index in [2.05, 4.69) is 0 Å². The third-order valence-electron chi connectivity index (χ3n) is 2.23. The quantitative estimate of drug-likeness (QED) is 0.580. The Morgan fingerprint density at radius 2 is 1.90 bits per heavy atom. The fraction of sp³-hybridized carbons (Fsp3) is 1.00. The predicted molar refractivity (Wildman–Crippen MR) is 38.5 cm³/mol. The molecule has 0 spiro atoms. The van der Waals surface area contributed by atoms with E-state index in [-0.39, 0.29) is 11.7 Å². The minimum atomic E-state index is -0.0995. The van der Waals surface area contributed by atoms with Crippen LogP contribution < -0.4 is 5.73 Å². The second-order valence-electron chi connectivity index (χ2n) is 2.87. The molecule has 0 aromatic rings. The van der Waals surface area contributed by atoms with Crippen molar-refractivity contribution in [2.45, 2.75) is 19.1 Å². The molecule has 0 heterocycles. The summed E-state index contributed by atoms with van der Waals surface area (Å²) in [5, 5.41) is 0. The minimum absolute atomic E-state index is 0.0995. The Morgan fingerprint density at radius 1 is 1.40 bits per heavy atom. The van der Waals surface area contributed by atoms with E-state index in [1.165, 1.54) is 0 Å². The second kappa shape index (κ2) is 2.86. The van der Waals surface area contributed by atoms with Crippen LogP contribution in [0.5, 0.6) is 0 Å². The minimum Gasteiger partial charge on any atom is -0.355 e. The highest BCUT2D eigenvalue weighted by Gasteiger charge is 2.49. The van der Waals surface area contributed by atoms with Crippen molar-refractivity contribution < 1.29 is 9.47 Å². The normalized spacial score (nSPS) is 21.6. The molecule has 0 aromatic carbocycles. The zero-order valence-corrected chi connectivity index (χ0v) is 6.59. The van der Waals surface area contributed by atoms with Gasteiger partial charge in [-0.05, 0) is 12.8 Å². The van der Waals surface area contributed by atoms with Gasteiger partial charge in [-0.2, -0.15) is 0 Å². The van der Waals surface area contributed by atoms with Gasteiger partial charge in [-0.3, -0.25) is 0 Å². The lowest BCUT2D eigenvalue weighted by molar-refractivity contribution is -0.144. The third kappa shape index (κ3) is 1.17. The average molecular weight is 145 g/mol. The molecular formula is C7H15NO2. The van der Waals surface area contributed by atoms with Crippen LogP contribution in [0.15, 0.2) is 0 Å². The van der Waals surface area contributed by atoms with Crippen LogP contribution >= 0.6 is 0 Å². The van der Waals surface area contributed by atoms with Crippen molar-refractivity contribution in [2.24, 2.45) is 11.1 Å². The summed E-state index contributed by atoms with van der Waals surface area (Å²) in [6, 6.07) is 0. The first kappa shape index (κ1) is 7.98. The maximum Gasteiger partial charge on any atom is 0.163 e. The lowest BCUT2D eigenvalue weighted by atomic mass is 10.1. The van der Waals surface area contributed by atoms with Crippen LogP contribution in [-0.2, 0) is 9.47 Å². The van der Waals surface area contributed by atoms with Crippen molar-refractivity contribution in [2.75, 3.05) is 20.8 Å². The molecule has 0 aliphatic heterocycles. The smallest absolute Gasteiger partial charge is 0.163 e. The fourth-order valence-electron chi connectivity index (χ4n) is 1.29. The molecule has 0 bridgehead atoms. The van der Waals surface area contributed by atoms with Crippen LogP contribution in [-0.4, -0.2) is 27.1 Å². The van der Waals surface area contributed by atoms with E-state index in [0.29, 0.717) is 6.54 Å². The van der Waals surface area contributed by atoms with Crippen molar-refractivity contribution in [1.29, 1.82) is 0 Å². The summed E-state index contributed by atoms with van der Waals surface area (Å²) >= 11 is 0. The standard InChI is InChI=1S/C7H15NO2/c1-9-6(10-2)7(5-8)3-4-7/h6H,3-5,8H2,1-2H3. The SMILES string of the molecule is COC(OC)C1(CN)CC1. The number of hydrogen-bond acceptors (Lipinski definition) is 3. The van der Waals surface area contributed by atoms with Crippen LogP contribution in [0, 0.1) is 5.41 Å². The Labute approximate surface area is 61.5 Å². The van der Waals surface area contributed by atoms with E-state index >= 15 is 0 Å². The van der Waals surface area contributed by atoms with E-state index in [4.69, 9.17) is 15.2 Å². The van der Waals surface area contributed by atoms with E-state index in [9.17, 15) is 0 Å². The van der Waals surface area contributed by atoms with Gasteiger partial charge in [0.15, 0.2) is 6.29 Å². The Bertz CT molecular complexity index is 108. The first-order valence-corrected chi connectivity index (χ1v) is 3.55. The molecule has 0 saturated heterocycles. The molecule has 0 unspecified atom stereocenters. The zero-order chi connectivity index (χ0) is 7.61. The van der Waals surface area contributed by atoms with Gasteiger partial charge in [-0.15, -0.1) is 0 Å². The predicted octanol–water partition coefficient (Wildman–Crippen LogP) is 0.344. The highest BCUT2D eigenvalue weighted by atomic mass is 16.7. The van der Waals surface area contributed by atoms with Crippen LogP contribution in [0.25, 0.3) is 0 Å². The largest absolute Gasteiger partial charge is 0.355 e.